The minimum absolute atomic E-state index is 0.0589. The molecule has 0 unspecified atom stereocenters. The lowest BCUT2D eigenvalue weighted by Crippen LogP contribution is -2.51. The lowest BCUT2D eigenvalue weighted by atomic mass is 9.47. The summed E-state index contributed by atoms with van der Waals surface area (Å²) >= 11 is 0. The molecular formula is C31H41N3O8. The second-order valence-corrected chi connectivity index (χ2v) is 12.9. The summed E-state index contributed by atoms with van der Waals surface area (Å²) in [6.07, 6.45) is 10.0. The maximum Gasteiger partial charge on any atom is 0.328 e. The number of aromatic hydroxyl groups is 1. The van der Waals surface area contributed by atoms with E-state index in [1.807, 2.05) is 0 Å². The minimum atomic E-state index is -1.10. The van der Waals surface area contributed by atoms with Crippen molar-refractivity contribution in [1.82, 2.24) is 5.32 Å². The van der Waals surface area contributed by atoms with Gasteiger partial charge in [0, 0.05) is 12.5 Å². The van der Waals surface area contributed by atoms with E-state index in [1.54, 1.807) is 0 Å². The highest BCUT2D eigenvalue weighted by Gasteiger charge is 2.58. The molecule has 7 atom stereocenters. The first kappa shape index (κ1) is 30.0. The highest BCUT2D eigenvalue weighted by atomic mass is 16.6. The van der Waals surface area contributed by atoms with Gasteiger partial charge in [-0.05, 0) is 97.7 Å². The number of benzene rings is 1. The first-order valence-electron chi connectivity index (χ1n) is 14.9. The molecule has 3 saturated carbocycles. The van der Waals surface area contributed by atoms with Crippen LogP contribution in [0.1, 0.15) is 70.8 Å². The summed E-state index contributed by atoms with van der Waals surface area (Å²) in [7, 11) is 1.18. The van der Waals surface area contributed by atoms with Crippen molar-refractivity contribution in [3.8, 4) is 5.75 Å². The number of carbonyl (C=O) groups excluding carboxylic acids is 2. The minimum Gasteiger partial charge on any atom is -0.502 e. The van der Waals surface area contributed by atoms with E-state index in [0.717, 1.165) is 63.1 Å². The van der Waals surface area contributed by atoms with E-state index < -0.39 is 40.9 Å². The molecule has 1 aromatic rings. The van der Waals surface area contributed by atoms with Crippen molar-refractivity contribution in [2.75, 3.05) is 13.7 Å². The van der Waals surface area contributed by atoms with Gasteiger partial charge in [0.05, 0.1) is 23.8 Å². The number of hydrogen-bond donors (Lipinski definition) is 3. The van der Waals surface area contributed by atoms with E-state index in [4.69, 9.17) is 9.57 Å². The monoisotopic (exact) mass is 583 g/mol. The molecule has 0 aromatic heterocycles. The Hall–Kier alpha value is -3.47. The quantitative estimate of drug-likeness (QED) is 0.233. The number of nitro benzene ring substituents is 1. The van der Waals surface area contributed by atoms with Crippen molar-refractivity contribution in [2.45, 2.75) is 83.8 Å². The highest BCUT2D eigenvalue weighted by Crippen LogP contribution is 2.65. The number of fused-ring (bicyclic) bond motifs is 5. The van der Waals surface area contributed by atoms with Gasteiger partial charge in [0.25, 0.3) is 5.91 Å². The van der Waals surface area contributed by atoms with Gasteiger partial charge in [0.2, 0.25) is 0 Å². The number of hydrogen-bond acceptors (Lipinski definition) is 9. The molecule has 11 nitrogen and oxygen atoms in total. The number of ether oxygens (including phenoxy) is 1. The number of aliphatic hydroxyl groups is 1. The molecule has 0 saturated heterocycles. The number of carbonyl (C=O) groups is 2. The third kappa shape index (κ3) is 5.50. The van der Waals surface area contributed by atoms with Crippen LogP contribution in [0.15, 0.2) is 35.0 Å². The van der Waals surface area contributed by atoms with E-state index in [0.29, 0.717) is 23.3 Å². The standard InChI is InChI=1S/C31H41N3O8/c1-30-12-10-20(16-19(30)5-6-21-22-7-9-27(36)31(22,2)13-11-23(21)30)33-42-17-28(37)32-24(29(38)41-3)14-18-4-8-26(35)25(15-18)34(39)40/h4,8,15-16,21-24,27,35-36H,5-7,9-14,17H2,1-3H3,(H,32,37)/b33-20-/t21-,22-,23-,24-,27+,30+,31+/m1/s1. The smallest absolute Gasteiger partial charge is 0.328 e. The van der Waals surface area contributed by atoms with Crippen molar-refractivity contribution in [1.29, 1.82) is 0 Å². The number of rotatable bonds is 8. The zero-order valence-corrected chi connectivity index (χ0v) is 24.5. The fourth-order valence-electron chi connectivity index (χ4n) is 8.44. The summed E-state index contributed by atoms with van der Waals surface area (Å²) in [6, 6.07) is 2.66. The third-order valence-electron chi connectivity index (χ3n) is 10.8. The molecule has 0 bridgehead atoms. The van der Waals surface area contributed by atoms with Crippen LogP contribution in [0.4, 0.5) is 5.69 Å². The maximum atomic E-state index is 12.6. The number of allylic oxidation sites excluding steroid dienone is 2. The van der Waals surface area contributed by atoms with Gasteiger partial charge >= 0.3 is 11.7 Å². The molecule has 228 valence electrons. The molecule has 0 heterocycles. The molecule has 1 aromatic carbocycles. The van der Waals surface area contributed by atoms with Crippen LogP contribution in [0.2, 0.25) is 0 Å². The molecule has 0 spiro atoms. The van der Waals surface area contributed by atoms with Crippen molar-refractivity contribution < 1.29 is 34.3 Å². The van der Waals surface area contributed by atoms with Crippen molar-refractivity contribution in [3.63, 3.8) is 0 Å². The number of esters is 1. The number of aliphatic hydroxyl groups excluding tert-OH is 1. The summed E-state index contributed by atoms with van der Waals surface area (Å²) in [4.78, 5) is 40.7. The van der Waals surface area contributed by atoms with Gasteiger partial charge in [-0.2, -0.15) is 0 Å². The van der Waals surface area contributed by atoms with Gasteiger partial charge in [-0.25, -0.2) is 4.79 Å². The summed E-state index contributed by atoms with van der Waals surface area (Å²) in [5.74, 6) is 0.0699. The summed E-state index contributed by atoms with van der Waals surface area (Å²) in [6.45, 7) is 4.29. The highest BCUT2D eigenvalue weighted by molar-refractivity contribution is 5.96. The Bertz CT molecular complexity index is 1310. The Balaban J connectivity index is 1.19. The molecule has 11 heteroatoms. The predicted molar refractivity (Wildman–Crippen MR) is 154 cm³/mol. The lowest BCUT2D eigenvalue weighted by Gasteiger charge is -2.57. The Morgan fingerprint density at radius 2 is 1.95 bits per heavy atom. The number of nitrogens with zero attached hydrogens (tertiary/aromatic N) is 2. The molecule has 42 heavy (non-hydrogen) atoms. The van der Waals surface area contributed by atoms with Crippen LogP contribution in [-0.4, -0.2) is 58.6 Å². The third-order valence-corrected chi connectivity index (χ3v) is 10.8. The number of phenols is 1. The molecule has 3 fully saturated rings. The number of methoxy groups -OCH3 is 1. The van der Waals surface area contributed by atoms with Gasteiger partial charge < -0.3 is 25.1 Å². The molecule has 3 N–H and O–H groups in total. The summed E-state index contributed by atoms with van der Waals surface area (Å²) < 4.78 is 4.79. The molecule has 0 aliphatic heterocycles. The van der Waals surface area contributed by atoms with E-state index in [1.165, 1.54) is 24.8 Å². The van der Waals surface area contributed by atoms with Crippen LogP contribution in [-0.2, 0) is 25.6 Å². The molecular weight excluding hydrogens is 542 g/mol. The SMILES string of the molecule is COC(=O)[C@@H](Cc1ccc(O)c([N+](=O)[O-])c1)NC(=O)CO/N=C1\C=C2CC[C@@H]3[C@H]4CC[C@H](O)[C@@]4(C)CC[C@H]3[C@@]2(C)CC1. The van der Waals surface area contributed by atoms with Crippen LogP contribution in [0.5, 0.6) is 5.75 Å². The van der Waals surface area contributed by atoms with Crippen LogP contribution < -0.4 is 5.32 Å². The number of nitro groups is 1. The van der Waals surface area contributed by atoms with Gasteiger partial charge in [-0.1, -0.05) is 30.6 Å². The van der Waals surface area contributed by atoms with Gasteiger partial charge in [-0.3, -0.25) is 14.9 Å². The fraction of sp³-hybridized carbons (Fsp3) is 0.645. The fourth-order valence-corrected chi connectivity index (χ4v) is 8.44. The van der Waals surface area contributed by atoms with Crippen molar-refractivity contribution in [2.24, 2.45) is 33.7 Å². The Labute approximate surface area is 245 Å². The van der Waals surface area contributed by atoms with Crippen molar-refractivity contribution >= 4 is 23.3 Å². The van der Waals surface area contributed by atoms with Crippen LogP contribution in [0.3, 0.4) is 0 Å². The Kier molecular flexibility index (Phi) is 8.33. The second-order valence-electron chi connectivity index (χ2n) is 12.9. The Morgan fingerprint density at radius 1 is 1.17 bits per heavy atom. The molecule has 5 rings (SSSR count). The topological polar surface area (TPSA) is 161 Å². The number of oxime groups is 1. The largest absolute Gasteiger partial charge is 0.502 e. The average Bonchev–Trinajstić information content (AvgIpc) is 3.27. The van der Waals surface area contributed by atoms with Crippen molar-refractivity contribution in [3.05, 3.63) is 45.5 Å². The van der Waals surface area contributed by atoms with E-state index in [2.05, 4.69) is 30.4 Å². The van der Waals surface area contributed by atoms with Crippen LogP contribution in [0.25, 0.3) is 0 Å². The van der Waals surface area contributed by atoms with E-state index >= 15 is 0 Å². The van der Waals surface area contributed by atoms with Gasteiger partial charge in [-0.15, -0.1) is 0 Å². The Morgan fingerprint density at radius 3 is 2.69 bits per heavy atom. The molecule has 0 radical (unpaired) electrons. The number of nitrogens with one attached hydrogen (secondary N) is 1. The van der Waals surface area contributed by atoms with Crippen LogP contribution in [0, 0.1) is 38.7 Å². The normalized spacial score (nSPS) is 33.4. The summed E-state index contributed by atoms with van der Waals surface area (Å²) in [5, 5.41) is 38.3. The zero-order valence-electron chi connectivity index (χ0n) is 24.5. The second kappa shape index (κ2) is 11.7. The number of amides is 1. The predicted octanol–water partition coefficient (Wildman–Crippen LogP) is 4.20. The van der Waals surface area contributed by atoms with E-state index in [9.17, 15) is 29.9 Å². The maximum absolute atomic E-state index is 12.6. The first-order chi connectivity index (χ1) is 20.0. The summed E-state index contributed by atoms with van der Waals surface area (Å²) in [5.41, 5.74) is 2.25. The molecule has 4 aliphatic carbocycles. The number of phenolic OH excluding ortho intramolecular Hbond substituents is 1. The lowest BCUT2D eigenvalue weighted by molar-refractivity contribution is -0.385. The molecule has 4 aliphatic rings. The van der Waals surface area contributed by atoms with Crippen LogP contribution >= 0.6 is 0 Å². The van der Waals surface area contributed by atoms with E-state index in [-0.39, 0.29) is 23.4 Å². The van der Waals surface area contributed by atoms with Gasteiger partial charge in [0.15, 0.2) is 12.4 Å². The average molecular weight is 584 g/mol. The zero-order chi connectivity index (χ0) is 30.2. The van der Waals surface area contributed by atoms with Gasteiger partial charge in [0.1, 0.15) is 6.04 Å². The first-order valence-corrected chi connectivity index (χ1v) is 14.9. The molecule has 1 amide bonds.